The smallest absolute Gasteiger partial charge is 0.306 e. The molecule has 234 valence electrons. The molecule has 0 aliphatic rings. The number of ether oxygens (including phenoxy) is 3. The number of carbonyl (C=O) groups is 4. The van der Waals surface area contributed by atoms with Crippen LogP contribution >= 0.6 is 22.7 Å². The first kappa shape index (κ1) is 32.7. The average Bonchev–Trinajstić information content (AvgIpc) is 3.60. The fraction of sp³-hybridized carbons (Fsp3) is 0.375. The molecule has 4 aromatic rings. The van der Waals surface area contributed by atoms with E-state index in [4.69, 9.17) is 24.4 Å². The number of aliphatic carboxylic acids is 2. The van der Waals surface area contributed by atoms with Gasteiger partial charge < -0.3 is 29.5 Å². The predicted octanol–water partition coefficient (Wildman–Crippen LogP) is 6.88. The van der Waals surface area contributed by atoms with Gasteiger partial charge in [-0.2, -0.15) is 0 Å². The number of fused-ring (bicyclic) bond motifs is 2. The first-order chi connectivity index (χ1) is 20.8. The fourth-order valence-corrected chi connectivity index (χ4v) is 6.94. The maximum atomic E-state index is 12.7. The summed E-state index contributed by atoms with van der Waals surface area (Å²) in [5.74, 6) is -2.81. The van der Waals surface area contributed by atoms with E-state index in [-0.39, 0.29) is 43.4 Å². The summed E-state index contributed by atoms with van der Waals surface area (Å²) in [6.45, 7) is 7.16. The van der Waals surface area contributed by atoms with Crippen molar-refractivity contribution in [3.63, 3.8) is 0 Å². The van der Waals surface area contributed by atoms with Gasteiger partial charge in [0.2, 0.25) is 0 Å². The number of hydrogen-bond acceptors (Lipinski definition) is 10. The van der Waals surface area contributed by atoms with Gasteiger partial charge in [0.25, 0.3) is 0 Å². The molecule has 0 saturated heterocycles. The van der Waals surface area contributed by atoms with Crippen LogP contribution in [0.25, 0.3) is 20.2 Å². The Morgan fingerprint density at radius 1 is 0.750 bits per heavy atom. The Labute approximate surface area is 261 Å². The molecule has 0 radical (unpaired) electrons. The van der Waals surface area contributed by atoms with Gasteiger partial charge in [0.1, 0.15) is 0 Å². The van der Waals surface area contributed by atoms with Crippen molar-refractivity contribution in [3.05, 3.63) is 45.1 Å². The Balaban J connectivity index is 1.42. The van der Waals surface area contributed by atoms with Crippen molar-refractivity contribution in [3.8, 4) is 23.0 Å². The molecule has 44 heavy (non-hydrogen) atoms. The normalized spacial score (nSPS) is 12.7. The Bertz CT molecular complexity index is 1750. The van der Waals surface area contributed by atoms with Crippen LogP contribution in [0.3, 0.4) is 0 Å². The maximum absolute atomic E-state index is 12.7. The summed E-state index contributed by atoms with van der Waals surface area (Å²) >= 11 is 2.49. The molecule has 0 aliphatic heterocycles. The van der Waals surface area contributed by atoms with Crippen LogP contribution in [0.5, 0.6) is 23.0 Å². The molecule has 0 saturated carbocycles. The topological polar surface area (TPSA) is 157 Å². The zero-order chi connectivity index (χ0) is 32.3. The molecule has 0 aliphatic carbocycles. The molecule has 2 atom stereocenters. The van der Waals surface area contributed by atoms with Gasteiger partial charge in [-0.05, 0) is 26.0 Å². The number of aromatic hydroxyl groups is 1. The highest BCUT2D eigenvalue weighted by Gasteiger charge is 2.23. The lowest BCUT2D eigenvalue weighted by atomic mass is 10.0. The molecule has 10 nitrogen and oxygen atoms in total. The monoisotopic (exact) mass is 642 g/mol. The van der Waals surface area contributed by atoms with Crippen LogP contribution in [0.4, 0.5) is 0 Å². The minimum Gasteiger partial charge on any atom is -0.504 e. The molecule has 12 heteroatoms. The minimum atomic E-state index is -1.03. The molecule has 4 rings (SSSR count). The fourth-order valence-electron chi connectivity index (χ4n) is 4.73. The second-order valence-electron chi connectivity index (χ2n) is 10.7. The molecule has 2 aromatic carbocycles. The summed E-state index contributed by atoms with van der Waals surface area (Å²) in [6.07, 6.45) is 0.283. The summed E-state index contributed by atoms with van der Waals surface area (Å²) in [5.41, 5.74) is 1.47. The number of carboxylic acid groups (broad SMARTS) is 2. The van der Waals surface area contributed by atoms with Crippen molar-refractivity contribution in [1.29, 1.82) is 0 Å². The second kappa shape index (κ2) is 13.6. The zero-order valence-electron chi connectivity index (χ0n) is 25.0. The lowest BCUT2D eigenvalue weighted by Crippen LogP contribution is -2.13. The summed E-state index contributed by atoms with van der Waals surface area (Å²) in [7, 11) is 1.53. The maximum Gasteiger partial charge on any atom is 0.306 e. The third-order valence-electron chi connectivity index (χ3n) is 7.37. The van der Waals surface area contributed by atoms with Crippen LogP contribution in [0.1, 0.15) is 63.6 Å². The van der Waals surface area contributed by atoms with E-state index in [0.29, 0.717) is 43.7 Å². The third kappa shape index (κ3) is 6.97. The van der Waals surface area contributed by atoms with Gasteiger partial charge in [-0.15, -0.1) is 22.7 Å². The number of thiophene rings is 2. The van der Waals surface area contributed by atoms with E-state index in [2.05, 4.69) is 0 Å². The molecule has 3 N–H and O–H groups in total. The van der Waals surface area contributed by atoms with Crippen molar-refractivity contribution < 1.29 is 48.7 Å². The van der Waals surface area contributed by atoms with E-state index in [0.717, 1.165) is 21.0 Å². The lowest BCUT2D eigenvalue weighted by Gasteiger charge is -2.15. The first-order valence-electron chi connectivity index (χ1n) is 14.0. The minimum absolute atomic E-state index is 0.0563. The molecule has 0 fully saturated rings. The number of rotatable bonds is 15. The SMILES string of the molecule is COc1cc2sc(C(=O)CC(C)C(=O)O)cc2c(C)c1OCCCOc1c(O)cc2sc(C(=O)CC(C)C(=O)O)cc2c1C. The Hall–Kier alpha value is -4.16. The van der Waals surface area contributed by atoms with E-state index >= 15 is 0 Å². The summed E-state index contributed by atoms with van der Waals surface area (Å²) in [6, 6.07) is 6.82. The zero-order valence-corrected chi connectivity index (χ0v) is 26.6. The number of hydrogen-bond donors (Lipinski definition) is 3. The van der Waals surface area contributed by atoms with Gasteiger partial charge in [0.15, 0.2) is 34.6 Å². The number of Topliss-reactive ketones (excluding diaryl/α,β-unsaturated/α-hetero) is 2. The highest BCUT2D eigenvalue weighted by molar-refractivity contribution is 7.21. The number of methoxy groups -OCH3 is 1. The summed E-state index contributed by atoms with van der Waals surface area (Å²) < 4.78 is 19.1. The van der Waals surface area contributed by atoms with Crippen LogP contribution in [-0.4, -0.2) is 59.1 Å². The van der Waals surface area contributed by atoms with Gasteiger partial charge >= 0.3 is 11.9 Å². The van der Waals surface area contributed by atoms with Crippen molar-refractivity contribution in [1.82, 2.24) is 0 Å². The Morgan fingerprint density at radius 2 is 1.20 bits per heavy atom. The first-order valence-corrected chi connectivity index (χ1v) is 15.6. The number of carbonyl (C=O) groups excluding carboxylic acids is 2. The van der Waals surface area contributed by atoms with E-state index in [1.165, 1.54) is 43.6 Å². The van der Waals surface area contributed by atoms with Gasteiger partial charge in [-0.25, -0.2) is 0 Å². The average molecular weight is 643 g/mol. The molecular weight excluding hydrogens is 608 g/mol. The van der Waals surface area contributed by atoms with Crippen LogP contribution < -0.4 is 14.2 Å². The Kier molecular flexibility index (Phi) is 10.2. The number of phenols is 1. The van der Waals surface area contributed by atoms with Crippen molar-refractivity contribution >= 4 is 66.4 Å². The van der Waals surface area contributed by atoms with Crippen molar-refractivity contribution in [2.45, 2.75) is 47.0 Å². The number of aryl methyl sites for hydroxylation is 2. The lowest BCUT2D eigenvalue weighted by molar-refractivity contribution is -0.141. The predicted molar refractivity (Wildman–Crippen MR) is 168 cm³/mol. The molecule has 0 spiro atoms. The second-order valence-corrected chi connectivity index (χ2v) is 12.9. The Morgan fingerprint density at radius 3 is 1.68 bits per heavy atom. The number of ketones is 2. The quantitative estimate of drug-likeness (QED) is 0.0922. The highest BCUT2D eigenvalue weighted by atomic mass is 32.1. The molecule has 0 bridgehead atoms. The molecule has 2 heterocycles. The number of carboxylic acids is 2. The van der Waals surface area contributed by atoms with Crippen LogP contribution in [0, 0.1) is 25.7 Å². The van der Waals surface area contributed by atoms with E-state index < -0.39 is 23.8 Å². The standard InChI is InChI=1S/C32H34O10S2/c1-15(31(36)37)9-21(33)27-11-19-17(3)29(23(35)13-25(19)43-27)41-7-6-8-42-30-18(4)20-12-28(22(34)10-16(2)32(38)39)44-26(20)14-24(30)40-5/h11-16,35H,6-10H2,1-5H3,(H,36,37)(H,38,39). The summed E-state index contributed by atoms with van der Waals surface area (Å²) in [5, 5.41) is 30.5. The van der Waals surface area contributed by atoms with Gasteiger partial charge in [-0.3, -0.25) is 19.2 Å². The van der Waals surface area contributed by atoms with Gasteiger partial charge in [0, 0.05) is 62.7 Å². The number of benzene rings is 2. The van der Waals surface area contributed by atoms with Gasteiger partial charge in [0.05, 0.1) is 41.9 Å². The largest absolute Gasteiger partial charge is 0.504 e. The van der Waals surface area contributed by atoms with Crippen LogP contribution in [0.15, 0.2) is 24.3 Å². The molecular formula is C32H34O10S2. The molecule has 2 unspecified atom stereocenters. The van der Waals surface area contributed by atoms with Crippen LogP contribution in [-0.2, 0) is 9.59 Å². The summed E-state index contributed by atoms with van der Waals surface area (Å²) in [4.78, 5) is 48.5. The van der Waals surface area contributed by atoms with E-state index in [1.54, 1.807) is 31.2 Å². The van der Waals surface area contributed by atoms with Crippen molar-refractivity contribution in [2.24, 2.45) is 11.8 Å². The number of phenolic OH excluding ortho intramolecular Hbond substituents is 1. The van der Waals surface area contributed by atoms with Crippen molar-refractivity contribution in [2.75, 3.05) is 20.3 Å². The van der Waals surface area contributed by atoms with Gasteiger partial charge in [-0.1, -0.05) is 13.8 Å². The van der Waals surface area contributed by atoms with E-state index in [1.807, 2.05) is 6.92 Å². The van der Waals surface area contributed by atoms with Crippen LogP contribution in [0.2, 0.25) is 0 Å². The molecule has 2 aromatic heterocycles. The molecule has 0 amide bonds. The highest BCUT2D eigenvalue weighted by Crippen LogP contribution is 2.42. The van der Waals surface area contributed by atoms with E-state index in [9.17, 15) is 24.3 Å². The third-order valence-corrected chi connectivity index (χ3v) is 9.62.